The number of piperazine rings is 1. The molecule has 0 radical (unpaired) electrons. The zero-order chi connectivity index (χ0) is 22.7. The minimum atomic E-state index is -0.155. The summed E-state index contributed by atoms with van der Waals surface area (Å²) in [6, 6.07) is 17.1. The third-order valence-electron chi connectivity index (χ3n) is 6.05. The quantitative estimate of drug-likeness (QED) is 0.676. The lowest BCUT2D eigenvalue weighted by molar-refractivity contribution is 0.0745. The van der Waals surface area contributed by atoms with Gasteiger partial charge in [-0.1, -0.05) is 29.8 Å². The summed E-state index contributed by atoms with van der Waals surface area (Å²) in [6.07, 6.45) is 1.68. The Morgan fingerprint density at radius 1 is 0.875 bits per heavy atom. The van der Waals surface area contributed by atoms with Crippen molar-refractivity contribution in [3.05, 3.63) is 88.6 Å². The SMILES string of the molecule is Cc1ccc(C(=O)Nc2ccc(N3CCN(C(=O)c4cccc(C)c4C)CC3)nc2)cc1. The fourth-order valence-corrected chi connectivity index (χ4v) is 3.85. The van der Waals surface area contributed by atoms with Gasteiger partial charge in [0.15, 0.2) is 0 Å². The molecule has 3 aromatic rings. The fraction of sp³-hybridized carbons (Fsp3) is 0.269. The van der Waals surface area contributed by atoms with Crippen molar-refractivity contribution in [2.75, 3.05) is 36.4 Å². The molecule has 1 fully saturated rings. The number of nitrogens with zero attached hydrogens (tertiary/aromatic N) is 3. The maximum absolute atomic E-state index is 13.0. The first-order valence-electron chi connectivity index (χ1n) is 10.9. The van der Waals surface area contributed by atoms with E-state index in [0.717, 1.165) is 41.2 Å². The number of carbonyl (C=O) groups is 2. The average Bonchev–Trinajstić information content (AvgIpc) is 2.81. The lowest BCUT2D eigenvalue weighted by atomic mass is 10.0. The maximum Gasteiger partial charge on any atom is 0.255 e. The molecule has 164 valence electrons. The van der Waals surface area contributed by atoms with Crippen LogP contribution in [-0.4, -0.2) is 47.9 Å². The van der Waals surface area contributed by atoms with Gasteiger partial charge in [-0.3, -0.25) is 9.59 Å². The number of pyridine rings is 1. The summed E-state index contributed by atoms with van der Waals surface area (Å²) >= 11 is 0. The maximum atomic E-state index is 13.0. The van der Waals surface area contributed by atoms with Gasteiger partial charge < -0.3 is 15.1 Å². The second-order valence-corrected chi connectivity index (χ2v) is 8.25. The molecule has 0 bridgehead atoms. The van der Waals surface area contributed by atoms with Crippen molar-refractivity contribution in [2.45, 2.75) is 20.8 Å². The second-order valence-electron chi connectivity index (χ2n) is 8.25. The Kier molecular flexibility index (Phi) is 6.21. The number of rotatable bonds is 4. The van der Waals surface area contributed by atoms with E-state index in [2.05, 4.69) is 15.2 Å². The van der Waals surface area contributed by atoms with Crippen LogP contribution in [0, 0.1) is 20.8 Å². The number of anilines is 2. The smallest absolute Gasteiger partial charge is 0.255 e. The van der Waals surface area contributed by atoms with Crippen molar-refractivity contribution >= 4 is 23.3 Å². The number of amides is 2. The Bertz CT molecular complexity index is 1120. The van der Waals surface area contributed by atoms with Crippen molar-refractivity contribution in [1.82, 2.24) is 9.88 Å². The molecule has 32 heavy (non-hydrogen) atoms. The van der Waals surface area contributed by atoms with Crippen molar-refractivity contribution in [2.24, 2.45) is 0 Å². The average molecular weight is 429 g/mol. The highest BCUT2D eigenvalue weighted by molar-refractivity contribution is 6.04. The standard InChI is InChI=1S/C26H28N4O2/c1-18-7-9-21(10-8-18)25(31)28-22-11-12-24(27-17-22)29-13-15-30(16-14-29)26(32)23-6-4-5-19(2)20(23)3/h4-12,17H,13-16H2,1-3H3,(H,28,31). The van der Waals surface area contributed by atoms with Gasteiger partial charge >= 0.3 is 0 Å². The van der Waals surface area contributed by atoms with Gasteiger partial charge in [0, 0.05) is 37.3 Å². The molecule has 2 amide bonds. The van der Waals surface area contributed by atoms with Gasteiger partial charge in [0.1, 0.15) is 5.82 Å². The predicted octanol–water partition coefficient (Wildman–Crippen LogP) is 4.22. The number of aryl methyl sites for hydroxylation is 2. The first kappa shape index (κ1) is 21.6. The molecule has 0 atom stereocenters. The molecule has 6 nitrogen and oxygen atoms in total. The van der Waals surface area contributed by atoms with E-state index in [0.29, 0.717) is 24.3 Å². The molecule has 2 heterocycles. The van der Waals surface area contributed by atoms with Crippen molar-refractivity contribution in [3.63, 3.8) is 0 Å². The molecular weight excluding hydrogens is 400 g/mol. The Hall–Kier alpha value is -3.67. The van der Waals surface area contributed by atoms with Crippen LogP contribution in [0.2, 0.25) is 0 Å². The zero-order valence-corrected chi connectivity index (χ0v) is 18.8. The summed E-state index contributed by atoms with van der Waals surface area (Å²) in [7, 11) is 0. The molecule has 2 aromatic carbocycles. The normalized spacial score (nSPS) is 13.7. The van der Waals surface area contributed by atoms with Gasteiger partial charge in [0.05, 0.1) is 11.9 Å². The highest BCUT2D eigenvalue weighted by atomic mass is 16.2. The van der Waals surface area contributed by atoms with Crippen LogP contribution in [0.15, 0.2) is 60.8 Å². The van der Waals surface area contributed by atoms with E-state index < -0.39 is 0 Å². The third-order valence-corrected chi connectivity index (χ3v) is 6.05. The summed E-state index contributed by atoms with van der Waals surface area (Å²) in [5, 5.41) is 2.88. The van der Waals surface area contributed by atoms with E-state index in [4.69, 9.17) is 0 Å². The van der Waals surface area contributed by atoms with Gasteiger partial charge in [-0.25, -0.2) is 4.98 Å². The van der Waals surface area contributed by atoms with Crippen LogP contribution in [-0.2, 0) is 0 Å². The number of benzene rings is 2. The minimum Gasteiger partial charge on any atom is -0.353 e. The molecule has 0 spiro atoms. The van der Waals surface area contributed by atoms with E-state index in [-0.39, 0.29) is 11.8 Å². The van der Waals surface area contributed by atoms with Gasteiger partial charge in [0.25, 0.3) is 11.8 Å². The summed E-state index contributed by atoms with van der Waals surface area (Å²) in [5.74, 6) is 0.781. The molecule has 1 N–H and O–H groups in total. The molecule has 6 heteroatoms. The summed E-state index contributed by atoms with van der Waals surface area (Å²) < 4.78 is 0. The number of hydrogen-bond donors (Lipinski definition) is 1. The zero-order valence-electron chi connectivity index (χ0n) is 18.8. The lowest BCUT2D eigenvalue weighted by Gasteiger charge is -2.35. The van der Waals surface area contributed by atoms with Gasteiger partial charge in [-0.2, -0.15) is 0 Å². The van der Waals surface area contributed by atoms with Crippen LogP contribution >= 0.6 is 0 Å². The summed E-state index contributed by atoms with van der Waals surface area (Å²) in [6.45, 7) is 8.77. The number of carbonyl (C=O) groups excluding carboxylic acids is 2. The van der Waals surface area contributed by atoms with E-state index in [1.165, 1.54) is 0 Å². The molecule has 1 aromatic heterocycles. The molecule has 1 aliphatic heterocycles. The van der Waals surface area contributed by atoms with E-state index in [1.54, 1.807) is 6.20 Å². The van der Waals surface area contributed by atoms with Crippen LogP contribution in [0.5, 0.6) is 0 Å². The van der Waals surface area contributed by atoms with Crippen LogP contribution in [0.1, 0.15) is 37.4 Å². The first-order chi connectivity index (χ1) is 15.4. The Labute approximate surface area is 188 Å². The molecule has 1 saturated heterocycles. The molecule has 0 aliphatic carbocycles. The van der Waals surface area contributed by atoms with Gasteiger partial charge in [0.2, 0.25) is 0 Å². The Morgan fingerprint density at radius 2 is 1.59 bits per heavy atom. The fourth-order valence-electron chi connectivity index (χ4n) is 3.85. The summed E-state index contributed by atoms with van der Waals surface area (Å²) in [5.41, 5.74) is 5.35. The van der Waals surface area contributed by atoms with Crippen LogP contribution in [0.4, 0.5) is 11.5 Å². The van der Waals surface area contributed by atoms with Crippen LogP contribution < -0.4 is 10.2 Å². The van der Waals surface area contributed by atoms with E-state index in [9.17, 15) is 9.59 Å². The third kappa shape index (κ3) is 4.64. The highest BCUT2D eigenvalue weighted by Crippen LogP contribution is 2.20. The molecule has 0 saturated carbocycles. The van der Waals surface area contributed by atoms with Crippen molar-refractivity contribution in [3.8, 4) is 0 Å². The van der Waals surface area contributed by atoms with Crippen molar-refractivity contribution in [1.29, 1.82) is 0 Å². The van der Waals surface area contributed by atoms with Gasteiger partial charge in [-0.05, 0) is 62.2 Å². The lowest BCUT2D eigenvalue weighted by Crippen LogP contribution is -2.49. The Morgan fingerprint density at radius 3 is 2.25 bits per heavy atom. The Balaban J connectivity index is 1.35. The predicted molar refractivity (Wildman–Crippen MR) is 127 cm³/mol. The first-order valence-corrected chi connectivity index (χ1v) is 10.9. The monoisotopic (exact) mass is 428 g/mol. The number of nitrogens with one attached hydrogen (secondary N) is 1. The molecule has 0 unspecified atom stereocenters. The topological polar surface area (TPSA) is 65.5 Å². The number of hydrogen-bond acceptors (Lipinski definition) is 4. The van der Waals surface area contributed by atoms with Crippen LogP contribution in [0.25, 0.3) is 0 Å². The van der Waals surface area contributed by atoms with Crippen molar-refractivity contribution < 1.29 is 9.59 Å². The van der Waals surface area contributed by atoms with Gasteiger partial charge in [-0.15, -0.1) is 0 Å². The highest BCUT2D eigenvalue weighted by Gasteiger charge is 2.24. The van der Waals surface area contributed by atoms with Crippen LogP contribution in [0.3, 0.4) is 0 Å². The molecular formula is C26H28N4O2. The molecule has 4 rings (SSSR count). The van der Waals surface area contributed by atoms with E-state index >= 15 is 0 Å². The van der Waals surface area contributed by atoms with E-state index in [1.807, 2.05) is 80.3 Å². The minimum absolute atomic E-state index is 0.0907. The second kappa shape index (κ2) is 9.22. The molecule has 1 aliphatic rings. The summed E-state index contributed by atoms with van der Waals surface area (Å²) in [4.78, 5) is 33.9. The largest absolute Gasteiger partial charge is 0.353 e. The number of aromatic nitrogens is 1.